The van der Waals surface area contributed by atoms with Gasteiger partial charge in [-0.2, -0.15) is 0 Å². The topological polar surface area (TPSA) is 61.8 Å². The van der Waals surface area contributed by atoms with Crippen molar-refractivity contribution in [2.75, 3.05) is 32.9 Å². The van der Waals surface area contributed by atoms with Crippen molar-refractivity contribution in [2.45, 2.75) is 45.6 Å². The summed E-state index contributed by atoms with van der Waals surface area (Å²) in [5.74, 6) is 0.598. The van der Waals surface area contributed by atoms with Crippen LogP contribution in [0.5, 0.6) is 0 Å². The lowest BCUT2D eigenvalue weighted by Gasteiger charge is -2.36. The minimum Gasteiger partial charge on any atom is -0.394 e. The van der Waals surface area contributed by atoms with Crippen molar-refractivity contribution < 1.29 is 14.6 Å². The maximum absolute atomic E-state index is 12.2. The Morgan fingerprint density at radius 2 is 2.10 bits per heavy atom. The number of amides is 2. The Labute approximate surface area is 121 Å². The summed E-state index contributed by atoms with van der Waals surface area (Å²) < 4.78 is 5.29. The Bertz CT molecular complexity index is 323. The van der Waals surface area contributed by atoms with Gasteiger partial charge in [0, 0.05) is 13.1 Å². The van der Waals surface area contributed by atoms with Gasteiger partial charge in [0.15, 0.2) is 0 Å². The van der Waals surface area contributed by atoms with Crippen LogP contribution >= 0.6 is 0 Å². The van der Waals surface area contributed by atoms with E-state index in [0.717, 1.165) is 6.54 Å². The molecule has 0 aromatic carbocycles. The van der Waals surface area contributed by atoms with Gasteiger partial charge < -0.3 is 20.1 Å². The summed E-state index contributed by atoms with van der Waals surface area (Å²) in [7, 11) is 0. The van der Waals surface area contributed by atoms with E-state index in [1.165, 1.54) is 25.7 Å². The van der Waals surface area contributed by atoms with Crippen LogP contribution in [0.3, 0.4) is 0 Å². The minimum absolute atomic E-state index is 0.0367. The molecule has 1 atom stereocenters. The number of nitrogens with zero attached hydrogens (tertiary/aromatic N) is 1. The molecule has 2 amide bonds. The quantitative estimate of drug-likeness (QED) is 0.827. The van der Waals surface area contributed by atoms with Gasteiger partial charge >= 0.3 is 6.03 Å². The summed E-state index contributed by atoms with van der Waals surface area (Å²) in [4.78, 5) is 13.9. The van der Waals surface area contributed by atoms with Crippen LogP contribution in [-0.4, -0.2) is 55.0 Å². The summed E-state index contributed by atoms with van der Waals surface area (Å²) in [5, 5.41) is 12.3. The van der Waals surface area contributed by atoms with E-state index in [0.29, 0.717) is 31.1 Å². The van der Waals surface area contributed by atoms with E-state index in [9.17, 15) is 9.90 Å². The molecule has 1 saturated heterocycles. The predicted octanol–water partition coefficient (Wildman–Crippen LogP) is 1.61. The molecule has 2 rings (SSSR count). The van der Waals surface area contributed by atoms with Crippen molar-refractivity contribution in [1.82, 2.24) is 10.2 Å². The fourth-order valence-electron chi connectivity index (χ4n) is 3.07. The second kappa shape index (κ2) is 6.76. The molecule has 0 spiro atoms. The van der Waals surface area contributed by atoms with Crippen LogP contribution in [0.2, 0.25) is 0 Å². The number of carbonyl (C=O) groups excluding carboxylic acids is 1. The Morgan fingerprint density at radius 1 is 1.40 bits per heavy atom. The molecule has 2 N–H and O–H groups in total. The second-order valence-electron chi connectivity index (χ2n) is 6.90. The molecule has 0 unspecified atom stereocenters. The zero-order valence-electron chi connectivity index (χ0n) is 12.7. The van der Waals surface area contributed by atoms with Gasteiger partial charge in [-0.1, -0.05) is 13.8 Å². The highest BCUT2D eigenvalue weighted by Gasteiger charge is 2.29. The van der Waals surface area contributed by atoms with Gasteiger partial charge in [0.25, 0.3) is 0 Å². The van der Waals surface area contributed by atoms with E-state index in [1.54, 1.807) is 4.90 Å². The van der Waals surface area contributed by atoms with Gasteiger partial charge in [0.2, 0.25) is 0 Å². The third-order valence-corrected chi connectivity index (χ3v) is 4.70. The molecular weight excluding hydrogens is 256 g/mol. The van der Waals surface area contributed by atoms with Crippen LogP contribution in [0.4, 0.5) is 4.79 Å². The Balaban J connectivity index is 1.74. The number of urea groups is 1. The van der Waals surface area contributed by atoms with E-state index >= 15 is 0 Å². The SMILES string of the molecule is CC1(C)CCC(CNC(=O)N2CCOC[C@H]2CO)CC1. The molecule has 0 bridgehead atoms. The van der Waals surface area contributed by atoms with E-state index < -0.39 is 0 Å². The molecule has 0 aromatic rings. The Morgan fingerprint density at radius 3 is 2.75 bits per heavy atom. The average molecular weight is 284 g/mol. The molecular formula is C15H28N2O3. The summed E-state index contributed by atoms with van der Waals surface area (Å²) in [6.45, 7) is 6.91. The standard InChI is InChI=1S/C15H28N2O3/c1-15(2)5-3-12(4-6-15)9-16-14(19)17-7-8-20-11-13(17)10-18/h12-13,18H,3-11H2,1-2H3,(H,16,19)/t13-/m1/s1. The lowest BCUT2D eigenvalue weighted by atomic mass is 9.73. The Kier molecular flexibility index (Phi) is 5.27. The molecule has 20 heavy (non-hydrogen) atoms. The zero-order valence-corrected chi connectivity index (χ0v) is 12.7. The number of hydrogen-bond acceptors (Lipinski definition) is 3. The fraction of sp³-hybridized carbons (Fsp3) is 0.933. The van der Waals surface area contributed by atoms with Gasteiger partial charge in [-0.25, -0.2) is 4.79 Å². The Hall–Kier alpha value is -0.810. The summed E-state index contributed by atoms with van der Waals surface area (Å²) in [6, 6.07) is -0.258. The number of hydrogen-bond donors (Lipinski definition) is 2. The van der Waals surface area contributed by atoms with Crippen LogP contribution < -0.4 is 5.32 Å². The van der Waals surface area contributed by atoms with Gasteiger partial charge in [0.1, 0.15) is 0 Å². The van der Waals surface area contributed by atoms with Gasteiger partial charge in [-0.3, -0.25) is 0 Å². The van der Waals surface area contributed by atoms with Crippen LogP contribution in [-0.2, 0) is 4.74 Å². The monoisotopic (exact) mass is 284 g/mol. The first-order chi connectivity index (χ1) is 9.52. The van der Waals surface area contributed by atoms with Crippen molar-refractivity contribution >= 4 is 6.03 Å². The van der Waals surface area contributed by atoms with Crippen LogP contribution in [0.25, 0.3) is 0 Å². The average Bonchev–Trinajstić information content (AvgIpc) is 2.45. The molecule has 1 aliphatic heterocycles. The smallest absolute Gasteiger partial charge is 0.317 e. The van der Waals surface area contributed by atoms with Crippen molar-refractivity contribution in [3.63, 3.8) is 0 Å². The van der Waals surface area contributed by atoms with Gasteiger partial charge in [-0.15, -0.1) is 0 Å². The number of rotatable bonds is 3. The number of carbonyl (C=O) groups is 1. The number of aliphatic hydroxyl groups is 1. The number of morpholine rings is 1. The summed E-state index contributed by atoms with van der Waals surface area (Å²) >= 11 is 0. The van der Waals surface area contributed by atoms with E-state index in [4.69, 9.17) is 4.74 Å². The normalized spacial score (nSPS) is 27.4. The predicted molar refractivity (Wildman–Crippen MR) is 77.5 cm³/mol. The van der Waals surface area contributed by atoms with Crippen molar-refractivity contribution in [3.05, 3.63) is 0 Å². The number of nitrogens with one attached hydrogen (secondary N) is 1. The maximum atomic E-state index is 12.2. The third kappa shape index (κ3) is 4.09. The fourth-order valence-corrected chi connectivity index (χ4v) is 3.07. The first kappa shape index (κ1) is 15.6. The largest absolute Gasteiger partial charge is 0.394 e. The first-order valence-electron chi connectivity index (χ1n) is 7.75. The van der Waals surface area contributed by atoms with Crippen LogP contribution in [0, 0.1) is 11.3 Å². The first-order valence-corrected chi connectivity index (χ1v) is 7.75. The molecule has 5 heteroatoms. The van der Waals surface area contributed by atoms with E-state index in [2.05, 4.69) is 19.2 Å². The summed E-state index contributed by atoms with van der Waals surface area (Å²) in [6.07, 6.45) is 4.87. The molecule has 1 aliphatic carbocycles. The lowest BCUT2D eigenvalue weighted by molar-refractivity contribution is -0.00787. The highest BCUT2D eigenvalue weighted by molar-refractivity contribution is 5.74. The van der Waals surface area contributed by atoms with E-state index in [1.807, 2.05) is 0 Å². The molecule has 2 aliphatic rings. The highest BCUT2D eigenvalue weighted by atomic mass is 16.5. The van der Waals surface area contributed by atoms with Crippen LogP contribution in [0.1, 0.15) is 39.5 Å². The zero-order chi connectivity index (χ0) is 14.6. The third-order valence-electron chi connectivity index (χ3n) is 4.70. The van der Waals surface area contributed by atoms with Crippen LogP contribution in [0.15, 0.2) is 0 Å². The molecule has 0 radical (unpaired) electrons. The number of aliphatic hydroxyl groups excluding tert-OH is 1. The highest BCUT2D eigenvalue weighted by Crippen LogP contribution is 2.37. The summed E-state index contributed by atoms with van der Waals surface area (Å²) in [5.41, 5.74) is 0.465. The molecule has 5 nitrogen and oxygen atoms in total. The second-order valence-corrected chi connectivity index (χ2v) is 6.90. The molecule has 1 saturated carbocycles. The van der Waals surface area contributed by atoms with Crippen molar-refractivity contribution in [2.24, 2.45) is 11.3 Å². The van der Waals surface area contributed by atoms with Gasteiger partial charge in [0.05, 0.1) is 25.9 Å². The molecule has 0 aromatic heterocycles. The van der Waals surface area contributed by atoms with E-state index in [-0.39, 0.29) is 18.7 Å². The molecule has 1 heterocycles. The molecule has 116 valence electrons. The van der Waals surface area contributed by atoms with Crippen molar-refractivity contribution in [1.29, 1.82) is 0 Å². The lowest BCUT2D eigenvalue weighted by Crippen LogP contribution is -2.54. The van der Waals surface area contributed by atoms with Crippen molar-refractivity contribution in [3.8, 4) is 0 Å². The maximum Gasteiger partial charge on any atom is 0.317 e. The number of ether oxygens (including phenoxy) is 1. The van der Waals surface area contributed by atoms with Gasteiger partial charge in [-0.05, 0) is 37.0 Å². The molecule has 2 fully saturated rings. The minimum atomic E-state index is -0.200.